The number of hydrogen-bond acceptors (Lipinski definition) is 2. The molecule has 0 amide bonds. The fourth-order valence-electron chi connectivity index (χ4n) is 2.86. The first-order valence-electron chi connectivity index (χ1n) is 5.07. The maximum Gasteiger partial charge on any atom is 0.0461 e. The van der Waals surface area contributed by atoms with Gasteiger partial charge in [0.1, 0.15) is 0 Å². The second-order valence-corrected chi connectivity index (χ2v) is 4.45. The van der Waals surface area contributed by atoms with Crippen LogP contribution in [0, 0.1) is 23.7 Å². The van der Waals surface area contributed by atoms with Crippen LogP contribution in [0.15, 0.2) is 0 Å². The minimum Gasteiger partial charge on any atom is -0.396 e. The number of rotatable bonds is 2. The second-order valence-electron chi connectivity index (χ2n) is 4.45. The monoisotopic (exact) mass is 170 g/mol. The number of hydrogen-bond donors (Lipinski definition) is 2. The van der Waals surface area contributed by atoms with Gasteiger partial charge in [-0.05, 0) is 49.4 Å². The van der Waals surface area contributed by atoms with Crippen LogP contribution < -0.4 is 0 Å². The Balaban J connectivity index is 1.96. The minimum atomic E-state index is 0.357. The van der Waals surface area contributed by atoms with Gasteiger partial charge in [-0.2, -0.15) is 0 Å². The molecular formula is C10H18O2. The van der Waals surface area contributed by atoms with Crippen molar-refractivity contribution in [2.45, 2.75) is 25.7 Å². The Labute approximate surface area is 73.6 Å². The van der Waals surface area contributed by atoms with E-state index in [0.717, 1.165) is 24.7 Å². The summed E-state index contributed by atoms with van der Waals surface area (Å²) in [6, 6.07) is 0. The molecule has 0 aliphatic heterocycles. The molecule has 12 heavy (non-hydrogen) atoms. The van der Waals surface area contributed by atoms with Gasteiger partial charge >= 0.3 is 0 Å². The molecule has 2 N–H and O–H groups in total. The van der Waals surface area contributed by atoms with E-state index < -0.39 is 0 Å². The Morgan fingerprint density at radius 3 is 1.58 bits per heavy atom. The smallest absolute Gasteiger partial charge is 0.0461 e. The van der Waals surface area contributed by atoms with Crippen LogP contribution in [-0.4, -0.2) is 23.4 Å². The number of aliphatic hydroxyl groups is 2. The van der Waals surface area contributed by atoms with Crippen molar-refractivity contribution in [3.63, 3.8) is 0 Å². The minimum absolute atomic E-state index is 0.357. The summed E-state index contributed by atoms with van der Waals surface area (Å²) in [5, 5.41) is 18.2. The second kappa shape index (κ2) is 3.35. The molecule has 3 aliphatic carbocycles. The van der Waals surface area contributed by atoms with Gasteiger partial charge in [-0.1, -0.05) is 0 Å². The van der Waals surface area contributed by atoms with E-state index in [-0.39, 0.29) is 0 Å². The van der Waals surface area contributed by atoms with E-state index in [2.05, 4.69) is 0 Å². The lowest BCUT2D eigenvalue weighted by atomic mass is 9.67. The molecule has 2 atom stereocenters. The summed E-state index contributed by atoms with van der Waals surface area (Å²) in [5.74, 6) is 2.63. The van der Waals surface area contributed by atoms with E-state index in [9.17, 15) is 0 Å². The summed E-state index contributed by atoms with van der Waals surface area (Å²) < 4.78 is 0. The van der Waals surface area contributed by atoms with E-state index in [1.54, 1.807) is 0 Å². The van der Waals surface area contributed by atoms with Crippen molar-refractivity contribution < 1.29 is 10.2 Å². The molecule has 0 aromatic heterocycles. The van der Waals surface area contributed by atoms with Crippen molar-refractivity contribution in [3.05, 3.63) is 0 Å². The highest BCUT2D eigenvalue weighted by molar-refractivity contribution is 4.91. The lowest BCUT2D eigenvalue weighted by molar-refractivity contribution is 0.0614. The van der Waals surface area contributed by atoms with E-state index in [0.29, 0.717) is 25.0 Å². The lowest BCUT2D eigenvalue weighted by Crippen LogP contribution is -2.32. The Hall–Kier alpha value is -0.0800. The molecule has 2 nitrogen and oxygen atoms in total. The molecule has 0 aromatic rings. The first-order chi connectivity index (χ1) is 5.85. The maximum absolute atomic E-state index is 9.11. The van der Waals surface area contributed by atoms with Crippen molar-refractivity contribution in [2.75, 3.05) is 13.2 Å². The maximum atomic E-state index is 9.11. The number of fused-ring (bicyclic) bond motifs is 3. The largest absolute Gasteiger partial charge is 0.396 e. The van der Waals surface area contributed by atoms with E-state index in [4.69, 9.17) is 10.2 Å². The molecule has 3 saturated carbocycles. The van der Waals surface area contributed by atoms with Crippen molar-refractivity contribution in [1.82, 2.24) is 0 Å². The third kappa shape index (κ3) is 1.27. The standard InChI is InChI=1S/C10H18O2/c11-5-7-1-2-8(6-12)10-3-9(7)4-10/h7-12H,1-6H2. The summed E-state index contributed by atoms with van der Waals surface area (Å²) in [6.45, 7) is 0.713. The van der Waals surface area contributed by atoms with Crippen LogP contribution in [0.25, 0.3) is 0 Å². The van der Waals surface area contributed by atoms with Crippen LogP contribution in [0.4, 0.5) is 0 Å². The van der Waals surface area contributed by atoms with Gasteiger partial charge in [0.25, 0.3) is 0 Å². The molecule has 3 fully saturated rings. The molecule has 0 heterocycles. The zero-order chi connectivity index (χ0) is 8.55. The lowest BCUT2D eigenvalue weighted by Gasteiger charge is -2.39. The molecule has 0 aromatic carbocycles. The normalized spacial score (nSPS) is 46.5. The predicted molar refractivity (Wildman–Crippen MR) is 46.6 cm³/mol. The Morgan fingerprint density at radius 1 is 0.833 bits per heavy atom. The summed E-state index contributed by atoms with van der Waals surface area (Å²) in [7, 11) is 0. The average Bonchev–Trinajstić information content (AvgIpc) is 2.29. The van der Waals surface area contributed by atoms with Crippen LogP contribution >= 0.6 is 0 Å². The van der Waals surface area contributed by atoms with E-state index in [1.165, 1.54) is 12.8 Å². The molecule has 2 bridgehead atoms. The first-order valence-corrected chi connectivity index (χ1v) is 5.07. The summed E-state index contributed by atoms with van der Waals surface area (Å²) in [5.41, 5.74) is 0. The van der Waals surface area contributed by atoms with Crippen molar-refractivity contribution >= 4 is 0 Å². The molecule has 0 radical (unpaired) electrons. The summed E-state index contributed by atoms with van der Waals surface area (Å²) in [6.07, 6.45) is 4.78. The zero-order valence-electron chi connectivity index (χ0n) is 7.45. The van der Waals surface area contributed by atoms with E-state index >= 15 is 0 Å². The molecular weight excluding hydrogens is 152 g/mol. The molecule has 2 heteroatoms. The van der Waals surface area contributed by atoms with Crippen LogP contribution in [0.2, 0.25) is 0 Å². The van der Waals surface area contributed by atoms with Gasteiger partial charge in [0.2, 0.25) is 0 Å². The van der Waals surface area contributed by atoms with Gasteiger partial charge in [-0.3, -0.25) is 0 Å². The summed E-state index contributed by atoms with van der Waals surface area (Å²) in [4.78, 5) is 0. The van der Waals surface area contributed by atoms with E-state index in [1.807, 2.05) is 0 Å². The van der Waals surface area contributed by atoms with Gasteiger partial charge in [-0.25, -0.2) is 0 Å². The third-order valence-electron chi connectivity index (χ3n) is 3.92. The summed E-state index contributed by atoms with van der Waals surface area (Å²) >= 11 is 0. The fraction of sp³-hybridized carbons (Fsp3) is 1.00. The highest BCUT2D eigenvalue weighted by Crippen LogP contribution is 2.49. The van der Waals surface area contributed by atoms with Crippen molar-refractivity contribution in [3.8, 4) is 0 Å². The Morgan fingerprint density at radius 2 is 1.25 bits per heavy atom. The topological polar surface area (TPSA) is 40.5 Å². The van der Waals surface area contributed by atoms with Gasteiger partial charge in [-0.15, -0.1) is 0 Å². The Bertz CT molecular complexity index is 136. The van der Waals surface area contributed by atoms with Gasteiger partial charge < -0.3 is 10.2 Å². The first kappa shape index (κ1) is 8.52. The van der Waals surface area contributed by atoms with Crippen LogP contribution in [0.5, 0.6) is 0 Å². The highest BCUT2D eigenvalue weighted by Gasteiger charge is 2.41. The number of aliphatic hydroxyl groups excluding tert-OH is 2. The quantitative estimate of drug-likeness (QED) is 0.649. The van der Waals surface area contributed by atoms with Gasteiger partial charge in [0, 0.05) is 13.2 Å². The predicted octanol–water partition coefficient (Wildman–Crippen LogP) is 1.02. The molecule has 2 unspecified atom stereocenters. The zero-order valence-corrected chi connectivity index (χ0v) is 7.45. The SMILES string of the molecule is OCC1CCC(CO)C2CC1C2. The van der Waals surface area contributed by atoms with Gasteiger partial charge in [0.15, 0.2) is 0 Å². The van der Waals surface area contributed by atoms with Gasteiger partial charge in [0.05, 0.1) is 0 Å². The van der Waals surface area contributed by atoms with Crippen LogP contribution in [-0.2, 0) is 0 Å². The Kier molecular flexibility index (Phi) is 2.37. The van der Waals surface area contributed by atoms with Crippen LogP contribution in [0.3, 0.4) is 0 Å². The molecule has 3 rings (SSSR count). The molecule has 3 aliphatic rings. The molecule has 0 saturated heterocycles. The third-order valence-corrected chi connectivity index (χ3v) is 3.92. The molecule has 0 spiro atoms. The average molecular weight is 170 g/mol. The van der Waals surface area contributed by atoms with Crippen molar-refractivity contribution in [1.29, 1.82) is 0 Å². The van der Waals surface area contributed by atoms with Crippen LogP contribution in [0.1, 0.15) is 25.7 Å². The van der Waals surface area contributed by atoms with Crippen molar-refractivity contribution in [2.24, 2.45) is 23.7 Å². The fourth-order valence-corrected chi connectivity index (χ4v) is 2.86. The molecule has 70 valence electrons. The highest BCUT2D eigenvalue weighted by atomic mass is 16.3.